The Labute approximate surface area is 102 Å². The van der Waals surface area contributed by atoms with E-state index in [0.717, 1.165) is 12.5 Å². The van der Waals surface area contributed by atoms with Crippen LogP contribution in [0.5, 0.6) is 0 Å². The summed E-state index contributed by atoms with van der Waals surface area (Å²) < 4.78 is 13.2. The fourth-order valence-corrected chi connectivity index (χ4v) is 2.48. The lowest BCUT2D eigenvalue weighted by atomic mass is 10.2. The van der Waals surface area contributed by atoms with Gasteiger partial charge in [0.25, 0.3) is 5.69 Å². The quantitative estimate of drug-likeness (QED) is 0.267. The van der Waals surface area contributed by atoms with Crippen LogP contribution >= 0.6 is 23.4 Å². The van der Waals surface area contributed by atoms with Gasteiger partial charge in [0, 0.05) is 5.88 Å². The number of alkyl halides is 1. The first-order valence-electron chi connectivity index (χ1n) is 4.69. The minimum absolute atomic E-state index is 0.178. The average molecular weight is 264 g/mol. The zero-order chi connectivity index (χ0) is 12.1. The number of hydrogen-bond acceptors (Lipinski definition) is 3. The molecule has 0 aliphatic carbocycles. The number of rotatable bonds is 5. The Balaban J connectivity index is 2.95. The fraction of sp³-hybridized carbons (Fsp3) is 0.400. The van der Waals surface area contributed by atoms with Gasteiger partial charge in [-0.15, -0.1) is 23.4 Å². The van der Waals surface area contributed by atoms with Gasteiger partial charge in [-0.2, -0.15) is 0 Å². The molecule has 88 valence electrons. The normalized spacial score (nSPS) is 10.4. The lowest BCUT2D eigenvalue weighted by molar-refractivity contribution is -0.387. The molecule has 0 bridgehead atoms. The Morgan fingerprint density at radius 3 is 2.81 bits per heavy atom. The summed E-state index contributed by atoms with van der Waals surface area (Å²) in [6, 6.07) is 2.48. The summed E-state index contributed by atoms with van der Waals surface area (Å²) >= 11 is 6.85. The zero-order valence-corrected chi connectivity index (χ0v) is 10.3. The lowest BCUT2D eigenvalue weighted by Gasteiger charge is -2.04. The van der Waals surface area contributed by atoms with E-state index in [2.05, 4.69) is 0 Å². The lowest BCUT2D eigenvalue weighted by Crippen LogP contribution is -1.95. The van der Waals surface area contributed by atoms with Crippen molar-refractivity contribution in [3.63, 3.8) is 0 Å². The Morgan fingerprint density at radius 1 is 1.56 bits per heavy atom. The summed E-state index contributed by atoms with van der Waals surface area (Å²) in [7, 11) is 0. The molecule has 0 aromatic heterocycles. The van der Waals surface area contributed by atoms with E-state index in [1.807, 2.05) is 0 Å². The summed E-state index contributed by atoms with van der Waals surface area (Å²) in [6.45, 7) is 1.59. The van der Waals surface area contributed by atoms with Crippen molar-refractivity contribution in [2.75, 3.05) is 11.6 Å². The van der Waals surface area contributed by atoms with Crippen LogP contribution in [-0.2, 0) is 0 Å². The highest BCUT2D eigenvalue weighted by Gasteiger charge is 2.16. The second-order valence-electron chi connectivity index (χ2n) is 3.22. The third kappa shape index (κ3) is 3.35. The Hall–Kier alpha value is -0.810. The number of nitro benzene ring substituents is 1. The highest BCUT2D eigenvalue weighted by molar-refractivity contribution is 7.99. The van der Waals surface area contributed by atoms with Crippen molar-refractivity contribution >= 4 is 29.1 Å². The summed E-state index contributed by atoms with van der Waals surface area (Å²) in [6.07, 6.45) is 0.764. The van der Waals surface area contributed by atoms with E-state index in [1.165, 1.54) is 17.8 Å². The molecule has 0 atom stereocenters. The van der Waals surface area contributed by atoms with E-state index in [0.29, 0.717) is 22.1 Å². The number of benzene rings is 1. The van der Waals surface area contributed by atoms with Crippen LogP contribution in [0.15, 0.2) is 17.0 Å². The largest absolute Gasteiger partial charge is 0.285 e. The van der Waals surface area contributed by atoms with E-state index in [1.54, 1.807) is 6.92 Å². The van der Waals surface area contributed by atoms with Crippen molar-refractivity contribution in [1.82, 2.24) is 0 Å². The van der Waals surface area contributed by atoms with Gasteiger partial charge < -0.3 is 0 Å². The van der Waals surface area contributed by atoms with E-state index in [9.17, 15) is 14.5 Å². The molecular weight excluding hydrogens is 253 g/mol. The molecule has 1 aromatic rings. The second kappa shape index (κ2) is 6.06. The first-order valence-corrected chi connectivity index (χ1v) is 6.21. The van der Waals surface area contributed by atoms with Crippen LogP contribution in [-0.4, -0.2) is 16.6 Å². The van der Waals surface area contributed by atoms with Gasteiger partial charge in [0.1, 0.15) is 5.82 Å². The average Bonchev–Trinajstić information content (AvgIpc) is 2.23. The van der Waals surface area contributed by atoms with E-state index in [-0.39, 0.29) is 5.69 Å². The van der Waals surface area contributed by atoms with Gasteiger partial charge >= 0.3 is 0 Å². The number of nitro groups is 1. The van der Waals surface area contributed by atoms with Crippen LogP contribution in [0.3, 0.4) is 0 Å². The number of nitrogens with zero attached hydrogens (tertiary/aromatic N) is 1. The van der Waals surface area contributed by atoms with Gasteiger partial charge in [-0.05, 0) is 30.7 Å². The van der Waals surface area contributed by atoms with E-state index < -0.39 is 10.7 Å². The van der Waals surface area contributed by atoms with Crippen molar-refractivity contribution in [2.24, 2.45) is 0 Å². The maximum absolute atomic E-state index is 13.2. The monoisotopic (exact) mass is 263 g/mol. The minimum Gasteiger partial charge on any atom is -0.258 e. The molecule has 0 amide bonds. The molecule has 16 heavy (non-hydrogen) atoms. The first kappa shape index (κ1) is 13.3. The van der Waals surface area contributed by atoms with Crippen LogP contribution in [0.2, 0.25) is 0 Å². The molecule has 3 nitrogen and oxygen atoms in total. The second-order valence-corrected chi connectivity index (χ2v) is 4.73. The molecule has 1 rings (SSSR count). The molecule has 1 aromatic carbocycles. The molecule has 6 heteroatoms. The number of hydrogen-bond donors (Lipinski definition) is 0. The summed E-state index contributed by atoms with van der Waals surface area (Å²) in [4.78, 5) is 10.6. The van der Waals surface area contributed by atoms with Crippen LogP contribution < -0.4 is 0 Å². The molecule has 0 spiro atoms. The maximum Gasteiger partial charge on any atom is 0.285 e. The van der Waals surface area contributed by atoms with Crippen molar-refractivity contribution in [1.29, 1.82) is 0 Å². The molecule has 0 aliphatic rings. The smallest absolute Gasteiger partial charge is 0.258 e. The van der Waals surface area contributed by atoms with E-state index in [4.69, 9.17) is 11.6 Å². The van der Waals surface area contributed by atoms with Gasteiger partial charge in [0.05, 0.1) is 15.9 Å². The number of thioether (sulfide) groups is 1. The van der Waals surface area contributed by atoms with Crippen LogP contribution in [0, 0.1) is 22.9 Å². The van der Waals surface area contributed by atoms with E-state index >= 15 is 0 Å². The summed E-state index contributed by atoms with van der Waals surface area (Å²) in [5, 5.41) is 10.7. The van der Waals surface area contributed by atoms with Crippen LogP contribution in [0.1, 0.15) is 12.0 Å². The summed E-state index contributed by atoms with van der Waals surface area (Å²) in [5.41, 5.74) is 0.238. The van der Waals surface area contributed by atoms with Crippen molar-refractivity contribution in [3.8, 4) is 0 Å². The van der Waals surface area contributed by atoms with Gasteiger partial charge in [0.2, 0.25) is 0 Å². The SMILES string of the molecule is Cc1cc(SCCCCl)c([N+](=O)[O-])cc1F. The Morgan fingerprint density at radius 2 is 2.25 bits per heavy atom. The third-order valence-corrected chi connectivity index (χ3v) is 3.37. The van der Waals surface area contributed by atoms with Crippen molar-refractivity contribution in [3.05, 3.63) is 33.6 Å². The number of aryl methyl sites for hydroxylation is 1. The van der Waals surface area contributed by atoms with Crippen LogP contribution in [0.25, 0.3) is 0 Å². The molecule has 0 heterocycles. The molecule has 0 aliphatic heterocycles. The molecular formula is C10H11ClFNO2S. The Bertz CT molecular complexity index is 401. The predicted octanol–water partition coefficient (Wildman–Crippen LogP) is 3.76. The molecule has 0 radical (unpaired) electrons. The van der Waals surface area contributed by atoms with Crippen molar-refractivity contribution < 1.29 is 9.31 Å². The number of halogens is 2. The van der Waals surface area contributed by atoms with Gasteiger partial charge in [-0.3, -0.25) is 10.1 Å². The maximum atomic E-state index is 13.2. The predicted molar refractivity (Wildman–Crippen MR) is 63.9 cm³/mol. The highest BCUT2D eigenvalue weighted by Crippen LogP contribution is 2.31. The zero-order valence-electron chi connectivity index (χ0n) is 8.70. The summed E-state index contributed by atoms with van der Waals surface area (Å²) in [5.74, 6) is 0.657. The molecule has 0 N–H and O–H groups in total. The van der Waals surface area contributed by atoms with Crippen LogP contribution in [0.4, 0.5) is 10.1 Å². The minimum atomic E-state index is -0.564. The molecule has 0 unspecified atom stereocenters. The fourth-order valence-electron chi connectivity index (χ4n) is 1.14. The Kier molecular flexibility index (Phi) is 5.02. The third-order valence-electron chi connectivity index (χ3n) is 1.97. The standard InChI is InChI=1S/C10H11ClFNO2S/c1-7-5-10(16-4-2-3-11)9(13(14)15)6-8(7)12/h5-6H,2-4H2,1H3. The highest BCUT2D eigenvalue weighted by atomic mass is 35.5. The molecule has 0 fully saturated rings. The van der Waals surface area contributed by atoms with Gasteiger partial charge in [-0.1, -0.05) is 0 Å². The molecule has 0 saturated heterocycles. The van der Waals surface area contributed by atoms with Gasteiger partial charge in [-0.25, -0.2) is 4.39 Å². The van der Waals surface area contributed by atoms with Gasteiger partial charge in [0.15, 0.2) is 0 Å². The van der Waals surface area contributed by atoms with Crippen molar-refractivity contribution in [2.45, 2.75) is 18.2 Å². The topological polar surface area (TPSA) is 43.1 Å². The first-order chi connectivity index (χ1) is 7.56. The molecule has 0 saturated carbocycles.